The van der Waals surface area contributed by atoms with Crippen molar-refractivity contribution in [3.8, 4) is 16.9 Å². The smallest absolute Gasteiger partial charge is 0.355 e. The van der Waals surface area contributed by atoms with Crippen molar-refractivity contribution in [1.29, 1.82) is 0 Å². The Morgan fingerprint density at radius 3 is 2.57 bits per heavy atom. The fourth-order valence-electron chi connectivity index (χ4n) is 5.75. The van der Waals surface area contributed by atoms with Gasteiger partial charge in [-0.15, -0.1) is 0 Å². The van der Waals surface area contributed by atoms with Gasteiger partial charge in [0.05, 0.1) is 33.0 Å². The number of hydrogen-bond donors (Lipinski definition) is 1. The zero-order chi connectivity index (χ0) is 31.3. The van der Waals surface area contributed by atoms with Crippen LogP contribution in [0, 0.1) is 11.6 Å². The number of sulfone groups is 1. The highest BCUT2D eigenvalue weighted by Crippen LogP contribution is 2.37. The Morgan fingerprint density at radius 1 is 1.14 bits per heavy atom. The number of piperazine rings is 1. The summed E-state index contributed by atoms with van der Waals surface area (Å²) in [6.07, 6.45) is 5.48. The van der Waals surface area contributed by atoms with Gasteiger partial charge in [0.2, 0.25) is 5.91 Å². The van der Waals surface area contributed by atoms with Gasteiger partial charge in [-0.3, -0.25) is 9.78 Å². The van der Waals surface area contributed by atoms with Crippen molar-refractivity contribution in [2.24, 2.45) is 0 Å². The summed E-state index contributed by atoms with van der Waals surface area (Å²) in [5.41, 5.74) is 4.04. The first kappa shape index (κ1) is 29.4. The van der Waals surface area contributed by atoms with Crippen molar-refractivity contribution < 1.29 is 22.0 Å². The number of nitrogen functional groups attached to an aromatic ring is 1. The number of benzene rings is 1. The van der Waals surface area contributed by atoms with E-state index in [0.29, 0.717) is 12.8 Å². The number of amides is 1. The molecular formula is C30H29F2N7O4S. The quantitative estimate of drug-likeness (QED) is 0.253. The van der Waals surface area contributed by atoms with Crippen LogP contribution in [0.1, 0.15) is 26.2 Å². The van der Waals surface area contributed by atoms with Crippen LogP contribution >= 0.6 is 0 Å². The number of nitrogens with two attached hydrogens (primary N) is 1. The highest BCUT2D eigenvalue weighted by molar-refractivity contribution is 7.92. The van der Waals surface area contributed by atoms with E-state index in [1.54, 1.807) is 9.80 Å². The Kier molecular flexibility index (Phi) is 7.40. The molecule has 0 bridgehead atoms. The van der Waals surface area contributed by atoms with Gasteiger partial charge >= 0.3 is 5.69 Å². The van der Waals surface area contributed by atoms with Crippen LogP contribution in [0.3, 0.4) is 0 Å². The van der Waals surface area contributed by atoms with Gasteiger partial charge in [-0.2, -0.15) is 4.98 Å². The number of nitrogens with zero attached hydrogens (tertiary/aromatic N) is 6. The molecule has 228 valence electrons. The van der Waals surface area contributed by atoms with Crippen LogP contribution in [-0.4, -0.2) is 69.7 Å². The van der Waals surface area contributed by atoms with Crippen LogP contribution in [0.5, 0.6) is 0 Å². The fourth-order valence-corrected chi connectivity index (χ4v) is 7.75. The number of aromatic nitrogens is 4. The third-order valence-corrected chi connectivity index (χ3v) is 10.6. The van der Waals surface area contributed by atoms with Gasteiger partial charge in [-0.1, -0.05) is 19.1 Å². The van der Waals surface area contributed by atoms with E-state index in [9.17, 15) is 18.0 Å². The second kappa shape index (κ2) is 11.1. The molecule has 2 aliphatic rings. The average Bonchev–Trinajstić information content (AvgIpc) is 2.96. The van der Waals surface area contributed by atoms with Gasteiger partial charge in [0, 0.05) is 37.6 Å². The second-order valence-electron chi connectivity index (χ2n) is 10.9. The molecule has 1 saturated heterocycles. The highest BCUT2D eigenvalue weighted by Gasteiger charge is 2.36. The lowest BCUT2D eigenvalue weighted by molar-refractivity contribution is -0.126. The van der Waals surface area contributed by atoms with E-state index in [4.69, 9.17) is 5.73 Å². The summed E-state index contributed by atoms with van der Waals surface area (Å²) in [5.74, 6) is -1.91. The Morgan fingerprint density at radius 2 is 1.91 bits per heavy atom. The molecule has 14 heteroatoms. The maximum atomic E-state index is 15.9. The van der Waals surface area contributed by atoms with Crippen molar-refractivity contribution >= 4 is 38.3 Å². The monoisotopic (exact) mass is 621 g/mol. The summed E-state index contributed by atoms with van der Waals surface area (Å²) in [7, 11) is -3.87. The third kappa shape index (κ3) is 4.78. The molecule has 0 radical (unpaired) electrons. The molecule has 4 aromatic rings. The van der Waals surface area contributed by atoms with E-state index in [1.807, 2.05) is 6.92 Å². The molecule has 0 spiro atoms. The topological polar surface area (TPSA) is 144 Å². The molecule has 11 nitrogen and oxygen atoms in total. The molecule has 1 saturated carbocycles. The lowest BCUT2D eigenvalue weighted by Gasteiger charge is -2.40. The Balaban J connectivity index is 1.63. The Labute approximate surface area is 251 Å². The Hall–Kier alpha value is -4.72. The van der Waals surface area contributed by atoms with Crippen molar-refractivity contribution in [2.75, 3.05) is 30.3 Å². The van der Waals surface area contributed by atoms with E-state index in [2.05, 4.69) is 21.5 Å². The number of fused-ring (bicyclic) bond motifs is 1. The number of hydrogen-bond acceptors (Lipinski definition) is 9. The van der Waals surface area contributed by atoms with Gasteiger partial charge in [-0.05, 0) is 50.1 Å². The second-order valence-corrected chi connectivity index (χ2v) is 13.1. The van der Waals surface area contributed by atoms with Crippen LogP contribution < -0.4 is 16.3 Å². The minimum Gasteiger partial charge on any atom is -0.398 e. The number of pyridine rings is 2. The van der Waals surface area contributed by atoms with Gasteiger partial charge in [0.25, 0.3) is 0 Å². The fraction of sp³-hybridized carbons (Fsp3) is 0.300. The molecule has 4 heterocycles. The van der Waals surface area contributed by atoms with E-state index >= 15 is 8.78 Å². The lowest BCUT2D eigenvalue weighted by atomic mass is 10.00. The third-order valence-electron chi connectivity index (χ3n) is 8.27. The maximum absolute atomic E-state index is 15.9. The predicted octanol–water partition coefficient (Wildman–Crippen LogP) is 3.25. The minimum absolute atomic E-state index is 0.0759. The van der Waals surface area contributed by atoms with Crippen molar-refractivity contribution in [2.45, 2.75) is 42.4 Å². The molecule has 3 aromatic heterocycles. The van der Waals surface area contributed by atoms with Crippen LogP contribution in [0.25, 0.3) is 28.0 Å². The molecule has 2 fully saturated rings. The SMILES string of the molecule is C=CC(=O)N1CCN(c2nc(=O)n(-c3cnccc3S(=O)(=O)C3CCC3)c3nc(-c4c(N)cccc4F)c(F)cc23)[C@@H](C)C1. The molecule has 44 heavy (non-hydrogen) atoms. The predicted molar refractivity (Wildman–Crippen MR) is 161 cm³/mol. The number of rotatable bonds is 6. The Bertz CT molecular complexity index is 1980. The van der Waals surface area contributed by atoms with Crippen LogP contribution in [-0.2, 0) is 14.6 Å². The molecule has 1 aromatic carbocycles. The molecule has 1 atom stereocenters. The lowest BCUT2D eigenvalue weighted by Crippen LogP contribution is -2.54. The summed E-state index contributed by atoms with van der Waals surface area (Å²) < 4.78 is 59.1. The highest BCUT2D eigenvalue weighted by atomic mass is 32.2. The molecule has 2 N–H and O–H groups in total. The molecule has 1 aliphatic carbocycles. The van der Waals surface area contributed by atoms with Gasteiger partial charge in [0.1, 0.15) is 17.3 Å². The number of anilines is 2. The van der Waals surface area contributed by atoms with E-state index in [-0.39, 0.29) is 70.3 Å². The van der Waals surface area contributed by atoms with Gasteiger partial charge in [0.15, 0.2) is 21.3 Å². The maximum Gasteiger partial charge on any atom is 0.355 e. The average molecular weight is 622 g/mol. The number of carbonyl (C=O) groups is 1. The van der Waals surface area contributed by atoms with Crippen molar-refractivity contribution in [3.05, 3.63) is 77.5 Å². The molecule has 0 unspecified atom stereocenters. The van der Waals surface area contributed by atoms with Crippen molar-refractivity contribution in [1.82, 2.24) is 24.4 Å². The molecule has 1 aliphatic heterocycles. The van der Waals surface area contributed by atoms with Gasteiger partial charge in [-0.25, -0.2) is 31.5 Å². The zero-order valence-electron chi connectivity index (χ0n) is 23.8. The van der Waals surface area contributed by atoms with E-state index in [0.717, 1.165) is 23.1 Å². The molecular weight excluding hydrogens is 592 g/mol. The standard InChI is InChI=1S/C30H29F2N7O4S/c1-3-25(40)37-12-13-38(17(2)16-37)28-19-14-21(32)27(26-20(31)8-5-9-22(26)33)35-29(19)39(30(41)36-28)23-15-34-11-10-24(23)44(42,43)18-6-4-7-18/h3,5,8-11,14-15,17-18H,1,4,6-7,12-13,16,33H2,2H3/t17-/m0/s1. The molecule has 1 amide bonds. The first-order chi connectivity index (χ1) is 21.0. The normalized spacial score (nSPS) is 17.5. The molecule has 6 rings (SSSR count). The van der Waals surface area contributed by atoms with Crippen molar-refractivity contribution in [3.63, 3.8) is 0 Å². The van der Waals surface area contributed by atoms with E-state index in [1.165, 1.54) is 36.7 Å². The number of halogens is 2. The summed E-state index contributed by atoms with van der Waals surface area (Å²) in [4.78, 5) is 42.2. The zero-order valence-corrected chi connectivity index (χ0v) is 24.6. The van der Waals surface area contributed by atoms with Crippen LogP contribution in [0.2, 0.25) is 0 Å². The minimum atomic E-state index is -3.87. The van der Waals surface area contributed by atoms with Gasteiger partial charge < -0.3 is 15.5 Å². The number of carbonyl (C=O) groups excluding carboxylic acids is 1. The largest absolute Gasteiger partial charge is 0.398 e. The summed E-state index contributed by atoms with van der Waals surface area (Å²) in [6.45, 7) is 6.18. The summed E-state index contributed by atoms with van der Waals surface area (Å²) in [5, 5.41) is -0.542. The first-order valence-corrected chi connectivity index (χ1v) is 15.6. The van der Waals surface area contributed by atoms with Crippen LogP contribution in [0.4, 0.5) is 20.3 Å². The summed E-state index contributed by atoms with van der Waals surface area (Å²) in [6, 6.07) is 5.93. The first-order valence-electron chi connectivity index (χ1n) is 14.1. The van der Waals surface area contributed by atoms with Crippen LogP contribution in [0.15, 0.2) is 65.1 Å². The van der Waals surface area contributed by atoms with E-state index < -0.39 is 38.1 Å². The summed E-state index contributed by atoms with van der Waals surface area (Å²) >= 11 is 0.